The van der Waals surface area contributed by atoms with Gasteiger partial charge in [-0.15, -0.1) is 0 Å². The molecule has 5 nitrogen and oxygen atoms in total. The van der Waals surface area contributed by atoms with Crippen LogP contribution in [0.25, 0.3) is 17.4 Å². The van der Waals surface area contributed by atoms with Gasteiger partial charge in [-0.25, -0.2) is 5.48 Å². The quantitative estimate of drug-likeness (QED) is 0.391. The Morgan fingerprint density at radius 1 is 1.04 bits per heavy atom. The average molecular weight is 376 g/mol. The lowest BCUT2D eigenvalue weighted by Gasteiger charge is -2.34. The van der Waals surface area contributed by atoms with Crippen molar-refractivity contribution in [3.8, 4) is 11.3 Å². The lowest BCUT2D eigenvalue weighted by Crippen LogP contribution is -2.34. The number of hydrogen-bond acceptors (Lipinski definition) is 4. The summed E-state index contributed by atoms with van der Waals surface area (Å²) in [6.45, 7) is 2.11. The molecule has 0 saturated carbocycles. The normalized spacial score (nSPS) is 16.5. The van der Waals surface area contributed by atoms with E-state index in [1.165, 1.54) is 30.9 Å². The number of rotatable bonds is 5. The van der Waals surface area contributed by atoms with E-state index in [1.54, 1.807) is 11.6 Å². The van der Waals surface area contributed by atoms with Crippen LogP contribution in [0.4, 0.5) is 0 Å². The van der Waals surface area contributed by atoms with E-state index in [1.807, 2.05) is 24.3 Å². The van der Waals surface area contributed by atoms with Crippen LogP contribution in [0.1, 0.15) is 42.2 Å². The summed E-state index contributed by atoms with van der Waals surface area (Å²) in [5.74, 6) is 1.31. The fraction of sp³-hybridized carbons (Fsp3) is 0.261. The summed E-state index contributed by atoms with van der Waals surface area (Å²) in [5.41, 5.74) is 4.77. The van der Waals surface area contributed by atoms with Crippen molar-refractivity contribution in [2.45, 2.75) is 25.3 Å². The number of hydrogen-bond donors (Lipinski definition) is 2. The van der Waals surface area contributed by atoms with E-state index in [9.17, 15) is 4.79 Å². The van der Waals surface area contributed by atoms with Gasteiger partial charge < -0.3 is 4.42 Å². The minimum Gasteiger partial charge on any atom is -0.459 e. The van der Waals surface area contributed by atoms with Crippen molar-refractivity contribution in [3.05, 3.63) is 77.6 Å². The Morgan fingerprint density at radius 3 is 2.57 bits per heavy atom. The summed E-state index contributed by atoms with van der Waals surface area (Å²) >= 11 is 0. The molecular weight excluding hydrogens is 352 g/mol. The van der Waals surface area contributed by atoms with Crippen molar-refractivity contribution in [2.24, 2.45) is 0 Å². The van der Waals surface area contributed by atoms with Gasteiger partial charge in [0.1, 0.15) is 11.5 Å². The number of carbonyl (C=O) groups is 1. The standard InChI is InChI=1S/C23H24N2O3/c26-22(24-27)14-9-17-7-10-19(11-8-17)23(25-15-2-1-3-16-25)21-13-12-18-5-4-6-20(18)28-21/h4-14,23,27H,1-3,15-16H2,(H,24,26). The molecule has 2 aliphatic heterocycles. The SMILES string of the molecule is O=C(C=Cc1ccc(C(c2ccc3cccc-3o2)N2CCCCC2)cc1)NO. The Labute approximate surface area is 164 Å². The molecule has 1 amide bonds. The summed E-state index contributed by atoms with van der Waals surface area (Å²) in [6.07, 6.45) is 6.65. The molecule has 0 radical (unpaired) electrons. The number of carbonyl (C=O) groups excluding carboxylic acids is 1. The predicted octanol–water partition coefficient (Wildman–Crippen LogP) is 4.48. The van der Waals surface area contributed by atoms with Gasteiger partial charge in [0.2, 0.25) is 0 Å². The number of likely N-dealkylation sites (tertiary alicyclic amines) is 1. The highest BCUT2D eigenvalue weighted by Gasteiger charge is 2.26. The number of amides is 1. The van der Waals surface area contributed by atoms with Crippen LogP contribution in [0, 0.1) is 0 Å². The second kappa shape index (κ2) is 8.42. The molecule has 3 aliphatic rings. The maximum absolute atomic E-state index is 11.2. The third kappa shape index (κ3) is 4.01. The number of benzene rings is 1. The van der Waals surface area contributed by atoms with Crippen LogP contribution < -0.4 is 5.48 Å². The molecule has 0 spiro atoms. The second-order valence-corrected chi connectivity index (χ2v) is 7.16. The summed E-state index contributed by atoms with van der Waals surface area (Å²) in [6, 6.07) is 18.5. The molecule has 1 saturated heterocycles. The molecule has 28 heavy (non-hydrogen) atoms. The van der Waals surface area contributed by atoms with Crippen LogP contribution in [0.15, 0.2) is 65.1 Å². The summed E-state index contributed by atoms with van der Waals surface area (Å²) in [4.78, 5) is 13.7. The molecule has 2 N–H and O–H groups in total. The van der Waals surface area contributed by atoms with Crippen molar-refractivity contribution < 1.29 is 14.4 Å². The van der Waals surface area contributed by atoms with E-state index in [2.05, 4.69) is 35.2 Å². The van der Waals surface area contributed by atoms with Gasteiger partial charge in [0.05, 0.1) is 6.04 Å². The van der Waals surface area contributed by atoms with Crippen molar-refractivity contribution in [3.63, 3.8) is 0 Å². The third-order valence-electron chi connectivity index (χ3n) is 5.28. The molecule has 144 valence electrons. The number of piperidine rings is 1. The Balaban J connectivity index is 1.66. The Hall–Kier alpha value is -2.89. The van der Waals surface area contributed by atoms with Crippen molar-refractivity contribution in [1.82, 2.24) is 10.4 Å². The smallest absolute Gasteiger partial charge is 0.267 e. The van der Waals surface area contributed by atoms with E-state index in [-0.39, 0.29) is 6.04 Å². The molecule has 2 heterocycles. The molecule has 1 atom stereocenters. The summed E-state index contributed by atoms with van der Waals surface area (Å²) < 4.78 is 6.26. The lowest BCUT2D eigenvalue weighted by molar-refractivity contribution is -0.124. The zero-order valence-corrected chi connectivity index (χ0v) is 15.7. The zero-order chi connectivity index (χ0) is 19.3. The third-order valence-corrected chi connectivity index (χ3v) is 5.28. The number of hydroxylamine groups is 1. The first kappa shape index (κ1) is 18.5. The van der Waals surface area contributed by atoms with Gasteiger partial charge >= 0.3 is 0 Å². The molecule has 1 unspecified atom stereocenters. The Kier molecular flexibility index (Phi) is 5.55. The summed E-state index contributed by atoms with van der Waals surface area (Å²) in [7, 11) is 0. The highest BCUT2D eigenvalue weighted by molar-refractivity contribution is 5.90. The van der Waals surface area contributed by atoms with E-state index in [0.717, 1.165) is 35.7 Å². The molecule has 5 heteroatoms. The number of fused-ring (bicyclic) bond motifs is 1. The molecule has 1 aromatic carbocycles. The van der Waals surface area contributed by atoms with Crippen LogP contribution >= 0.6 is 0 Å². The van der Waals surface area contributed by atoms with Crippen molar-refractivity contribution >= 4 is 12.0 Å². The number of nitrogens with zero attached hydrogens (tertiary/aromatic N) is 1. The Bertz CT molecular complexity index is 923. The van der Waals surface area contributed by atoms with Gasteiger partial charge in [-0.2, -0.15) is 0 Å². The molecule has 0 bridgehead atoms. The van der Waals surface area contributed by atoms with Crippen LogP contribution in [0.3, 0.4) is 0 Å². The van der Waals surface area contributed by atoms with Gasteiger partial charge in [0.25, 0.3) is 5.91 Å². The maximum atomic E-state index is 11.2. The molecule has 1 aliphatic carbocycles. The van der Waals surface area contributed by atoms with Crippen molar-refractivity contribution in [1.29, 1.82) is 0 Å². The van der Waals surface area contributed by atoms with Crippen LogP contribution in [-0.4, -0.2) is 29.1 Å². The molecule has 4 rings (SSSR count). The highest BCUT2D eigenvalue weighted by Crippen LogP contribution is 2.35. The topological polar surface area (TPSA) is 65.7 Å². The van der Waals surface area contributed by atoms with Gasteiger partial charge in [0.15, 0.2) is 0 Å². The van der Waals surface area contributed by atoms with E-state index >= 15 is 0 Å². The number of nitrogens with one attached hydrogen (secondary N) is 1. The van der Waals surface area contributed by atoms with Crippen LogP contribution in [0.5, 0.6) is 0 Å². The maximum Gasteiger partial charge on any atom is 0.267 e. The first-order valence-corrected chi connectivity index (χ1v) is 9.69. The minimum atomic E-state index is -0.544. The predicted molar refractivity (Wildman–Crippen MR) is 108 cm³/mol. The molecular formula is C23H24N2O3. The van der Waals surface area contributed by atoms with Gasteiger partial charge in [-0.05, 0) is 61.3 Å². The van der Waals surface area contributed by atoms with Gasteiger partial charge in [-0.1, -0.05) is 42.8 Å². The van der Waals surface area contributed by atoms with Crippen LogP contribution in [0.2, 0.25) is 0 Å². The van der Waals surface area contributed by atoms with E-state index in [0.29, 0.717) is 0 Å². The fourth-order valence-electron chi connectivity index (χ4n) is 3.86. The molecule has 0 aromatic heterocycles. The fourth-order valence-corrected chi connectivity index (χ4v) is 3.86. The molecule has 1 fully saturated rings. The zero-order valence-electron chi connectivity index (χ0n) is 15.7. The van der Waals surface area contributed by atoms with E-state index < -0.39 is 5.91 Å². The second-order valence-electron chi connectivity index (χ2n) is 7.16. The summed E-state index contributed by atoms with van der Waals surface area (Å²) in [5, 5.41) is 8.59. The highest BCUT2D eigenvalue weighted by atomic mass is 16.5. The van der Waals surface area contributed by atoms with E-state index in [4.69, 9.17) is 9.62 Å². The monoisotopic (exact) mass is 376 g/mol. The Morgan fingerprint density at radius 2 is 1.82 bits per heavy atom. The largest absolute Gasteiger partial charge is 0.459 e. The average Bonchev–Trinajstić information content (AvgIpc) is 3.22. The first-order chi connectivity index (χ1) is 13.7. The molecule has 1 aromatic rings. The van der Waals surface area contributed by atoms with Crippen molar-refractivity contribution in [2.75, 3.05) is 13.1 Å². The lowest BCUT2D eigenvalue weighted by atomic mass is 9.97. The van der Waals surface area contributed by atoms with Gasteiger partial charge in [-0.3, -0.25) is 14.9 Å². The van der Waals surface area contributed by atoms with Gasteiger partial charge in [0, 0.05) is 11.6 Å². The minimum absolute atomic E-state index is 0.0679. The first-order valence-electron chi connectivity index (χ1n) is 9.69. The van der Waals surface area contributed by atoms with Crippen LogP contribution in [-0.2, 0) is 4.79 Å².